The largest absolute Gasteiger partial charge is 0.389 e. The summed E-state index contributed by atoms with van der Waals surface area (Å²) >= 11 is 0. The van der Waals surface area contributed by atoms with Crippen LogP contribution in [0.5, 0.6) is 0 Å². The highest BCUT2D eigenvalue weighted by molar-refractivity contribution is 7.85. The highest BCUT2D eigenvalue weighted by atomic mass is 32.2. The number of rotatable bonds is 3. The van der Waals surface area contributed by atoms with E-state index in [0.717, 1.165) is 0 Å². The van der Waals surface area contributed by atoms with Crippen LogP contribution in [0.15, 0.2) is 0 Å². The molecule has 9 heavy (non-hydrogen) atoms. The summed E-state index contributed by atoms with van der Waals surface area (Å²) in [7, 11) is -4.19. The lowest BCUT2D eigenvalue weighted by molar-refractivity contribution is 0.0681. The highest BCUT2D eigenvalue weighted by Gasteiger charge is 2.12. The number of aliphatic hydroxyl groups is 1. The van der Waals surface area contributed by atoms with Gasteiger partial charge in [0.25, 0.3) is 10.1 Å². The molecule has 0 heterocycles. The maximum atomic E-state index is 9.86. The van der Waals surface area contributed by atoms with E-state index < -0.39 is 28.6 Å². The van der Waals surface area contributed by atoms with E-state index in [-0.39, 0.29) is 0 Å². The zero-order chi connectivity index (χ0) is 7.49. The average molecular weight is 155 g/mol. The summed E-state index contributed by atoms with van der Waals surface area (Å²) in [6, 6.07) is 0. The molecule has 0 aliphatic rings. The van der Waals surface area contributed by atoms with Gasteiger partial charge in [0.2, 0.25) is 0 Å². The molecule has 0 aromatic carbocycles. The summed E-state index contributed by atoms with van der Waals surface area (Å²) in [6.07, 6.45) is -1.50. The first-order chi connectivity index (χ1) is 3.95. The van der Waals surface area contributed by atoms with Gasteiger partial charge >= 0.3 is 0 Å². The monoisotopic (exact) mass is 155 g/mol. The van der Waals surface area contributed by atoms with Gasteiger partial charge < -0.3 is 5.11 Å². The molecule has 0 amide bonds. The molecule has 0 rings (SSSR count). The van der Waals surface area contributed by atoms with Gasteiger partial charge in [-0.25, -0.2) is 5.11 Å². The van der Waals surface area contributed by atoms with Crippen LogP contribution in [-0.2, 0) is 15.2 Å². The first-order valence-electron chi connectivity index (χ1n) is 2.17. The molecule has 6 heteroatoms. The molecule has 0 bridgehead atoms. The summed E-state index contributed by atoms with van der Waals surface area (Å²) < 4.78 is 27.7. The fourth-order valence-electron chi connectivity index (χ4n) is 0.291. The van der Waals surface area contributed by atoms with E-state index >= 15 is 0 Å². The predicted molar refractivity (Wildman–Crippen MR) is 28.0 cm³/mol. The van der Waals surface area contributed by atoms with Gasteiger partial charge in [-0.2, -0.15) is 8.42 Å². The van der Waals surface area contributed by atoms with Crippen molar-refractivity contribution in [3.8, 4) is 0 Å². The molecule has 0 fully saturated rings. The standard InChI is InChI=1S/C3H7O5S/c4-1-3(5)2-9(6,7)8/h3,5H,1-2H2,(H,6,7,8). The Hall–Kier alpha value is -0.170. The summed E-state index contributed by atoms with van der Waals surface area (Å²) in [5.74, 6) is -0.878. The van der Waals surface area contributed by atoms with Gasteiger partial charge in [0.05, 0.1) is 6.10 Å². The van der Waals surface area contributed by atoms with Crippen molar-refractivity contribution < 1.29 is 23.2 Å². The van der Waals surface area contributed by atoms with Crippen molar-refractivity contribution in [3.05, 3.63) is 0 Å². The lowest BCUT2D eigenvalue weighted by Gasteiger charge is -2.00. The SMILES string of the molecule is [O]CC(O)CS(=O)(=O)O. The van der Waals surface area contributed by atoms with Gasteiger partial charge in [-0.3, -0.25) is 4.55 Å². The summed E-state index contributed by atoms with van der Waals surface area (Å²) in [5, 5.41) is 18.0. The lowest BCUT2D eigenvalue weighted by atomic mass is 10.4. The van der Waals surface area contributed by atoms with Gasteiger partial charge in [-0.05, 0) is 0 Å². The van der Waals surface area contributed by atoms with Gasteiger partial charge in [0.1, 0.15) is 12.4 Å². The van der Waals surface area contributed by atoms with E-state index in [1.54, 1.807) is 0 Å². The summed E-state index contributed by atoms with van der Waals surface area (Å²) in [4.78, 5) is 0. The Morgan fingerprint density at radius 3 is 2.00 bits per heavy atom. The topological polar surface area (TPSA) is 94.5 Å². The van der Waals surface area contributed by atoms with Crippen molar-refractivity contribution >= 4 is 10.1 Å². The maximum absolute atomic E-state index is 9.86. The number of hydrogen-bond acceptors (Lipinski definition) is 3. The van der Waals surface area contributed by atoms with Crippen LogP contribution in [0.25, 0.3) is 0 Å². The van der Waals surface area contributed by atoms with Crippen molar-refractivity contribution in [3.63, 3.8) is 0 Å². The molecule has 0 aliphatic carbocycles. The number of aliphatic hydroxyl groups excluding tert-OH is 1. The van der Waals surface area contributed by atoms with E-state index in [9.17, 15) is 13.5 Å². The van der Waals surface area contributed by atoms with Gasteiger partial charge in [-0.15, -0.1) is 0 Å². The van der Waals surface area contributed by atoms with Crippen LogP contribution in [0, 0.1) is 0 Å². The molecule has 1 radical (unpaired) electrons. The minimum absolute atomic E-state index is 0.878. The molecule has 0 aromatic rings. The van der Waals surface area contributed by atoms with Crippen molar-refractivity contribution in [1.82, 2.24) is 0 Å². The summed E-state index contributed by atoms with van der Waals surface area (Å²) in [5.41, 5.74) is 0. The molecule has 5 nitrogen and oxygen atoms in total. The molecule has 0 aromatic heterocycles. The van der Waals surface area contributed by atoms with E-state index in [4.69, 9.17) is 9.66 Å². The van der Waals surface area contributed by atoms with E-state index in [0.29, 0.717) is 0 Å². The molecule has 0 spiro atoms. The van der Waals surface area contributed by atoms with Crippen LogP contribution in [0.4, 0.5) is 0 Å². The quantitative estimate of drug-likeness (QED) is 0.493. The zero-order valence-corrected chi connectivity index (χ0v) is 5.34. The molecule has 0 saturated heterocycles. The molecule has 1 atom stereocenters. The Bertz CT molecular complexity index is 159. The fourth-order valence-corrected chi connectivity index (χ4v) is 0.874. The molecule has 0 saturated carbocycles. The van der Waals surface area contributed by atoms with Crippen molar-refractivity contribution in [2.24, 2.45) is 0 Å². The smallest absolute Gasteiger partial charge is 0.267 e. The highest BCUT2D eigenvalue weighted by Crippen LogP contribution is 1.87. The molecule has 0 aliphatic heterocycles. The summed E-state index contributed by atoms with van der Waals surface area (Å²) in [6.45, 7) is -0.917. The van der Waals surface area contributed by atoms with E-state index in [1.807, 2.05) is 0 Å². The Balaban J connectivity index is 3.75. The van der Waals surface area contributed by atoms with Crippen LogP contribution >= 0.6 is 0 Å². The zero-order valence-electron chi connectivity index (χ0n) is 4.52. The Kier molecular flexibility index (Phi) is 3.06. The normalized spacial score (nSPS) is 15.4. The first kappa shape index (κ1) is 8.83. The molecule has 55 valence electrons. The molecule has 1 unspecified atom stereocenters. The molecule has 2 N–H and O–H groups in total. The van der Waals surface area contributed by atoms with Crippen LogP contribution in [-0.4, -0.2) is 36.5 Å². The van der Waals surface area contributed by atoms with Gasteiger partial charge in [0, 0.05) is 0 Å². The third-order valence-electron chi connectivity index (χ3n) is 0.595. The fraction of sp³-hybridized carbons (Fsp3) is 1.00. The molecular formula is C3H7O5S. The van der Waals surface area contributed by atoms with Crippen molar-refractivity contribution in [2.45, 2.75) is 6.10 Å². The molecular weight excluding hydrogens is 148 g/mol. The minimum Gasteiger partial charge on any atom is -0.389 e. The van der Waals surface area contributed by atoms with Crippen LogP contribution < -0.4 is 0 Å². The van der Waals surface area contributed by atoms with E-state index in [2.05, 4.69) is 0 Å². The Morgan fingerprint density at radius 2 is 1.89 bits per heavy atom. The lowest BCUT2D eigenvalue weighted by Crippen LogP contribution is -2.22. The Labute approximate surface area is 52.7 Å². The van der Waals surface area contributed by atoms with E-state index in [1.165, 1.54) is 0 Å². The van der Waals surface area contributed by atoms with Crippen molar-refractivity contribution in [1.29, 1.82) is 0 Å². The van der Waals surface area contributed by atoms with Gasteiger partial charge in [-0.1, -0.05) is 0 Å². The predicted octanol–water partition coefficient (Wildman–Crippen LogP) is -1.33. The number of hydrogen-bond donors (Lipinski definition) is 2. The van der Waals surface area contributed by atoms with Crippen molar-refractivity contribution in [2.75, 3.05) is 12.4 Å². The second-order valence-electron chi connectivity index (χ2n) is 1.57. The third-order valence-corrected chi connectivity index (χ3v) is 1.40. The van der Waals surface area contributed by atoms with Crippen LogP contribution in [0.1, 0.15) is 0 Å². The third kappa shape index (κ3) is 5.71. The van der Waals surface area contributed by atoms with Crippen LogP contribution in [0.3, 0.4) is 0 Å². The Morgan fingerprint density at radius 1 is 1.44 bits per heavy atom. The second-order valence-corrected chi connectivity index (χ2v) is 3.07. The maximum Gasteiger partial charge on any atom is 0.267 e. The second kappa shape index (κ2) is 3.11. The first-order valence-corrected chi connectivity index (χ1v) is 3.78. The van der Waals surface area contributed by atoms with Crippen LogP contribution in [0.2, 0.25) is 0 Å². The average Bonchev–Trinajstić information content (AvgIpc) is 1.62. The van der Waals surface area contributed by atoms with Gasteiger partial charge in [0.15, 0.2) is 0 Å². The minimum atomic E-state index is -4.19.